The molecule has 0 amide bonds. The Morgan fingerprint density at radius 3 is 1.89 bits per heavy atom. The molecule has 0 heterocycles. The van der Waals surface area contributed by atoms with Crippen molar-refractivity contribution < 1.29 is 19.7 Å². The van der Waals surface area contributed by atoms with Gasteiger partial charge in [0.25, 0.3) is 0 Å². The third-order valence-electron chi connectivity index (χ3n) is 5.29. The van der Waals surface area contributed by atoms with Crippen molar-refractivity contribution in [2.24, 2.45) is 29.1 Å². The Balaban J connectivity index is 5.57. The molecule has 0 saturated heterocycles. The van der Waals surface area contributed by atoms with Gasteiger partial charge in [-0.3, -0.25) is 0 Å². The summed E-state index contributed by atoms with van der Waals surface area (Å²) in [6.07, 6.45) is 3.02. The molecule has 0 aromatic rings. The molecule has 2 N–H and O–H groups in total. The van der Waals surface area contributed by atoms with Crippen molar-refractivity contribution in [2.75, 3.05) is 33.0 Å². The molecular formula is C24H46O4. The van der Waals surface area contributed by atoms with Gasteiger partial charge >= 0.3 is 0 Å². The van der Waals surface area contributed by atoms with Crippen molar-refractivity contribution in [1.82, 2.24) is 0 Å². The molecule has 0 aliphatic heterocycles. The molecule has 4 heteroatoms. The van der Waals surface area contributed by atoms with Crippen LogP contribution in [0.3, 0.4) is 0 Å². The van der Waals surface area contributed by atoms with Gasteiger partial charge in [0, 0.05) is 0 Å². The summed E-state index contributed by atoms with van der Waals surface area (Å²) in [7, 11) is 0. The maximum absolute atomic E-state index is 9.25. The van der Waals surface area contributed by atoms with Crippen LogP contribution in [0, 0.1) is 40.9 Å². The van der Waals surface area contributed by atoms with E-state index >= 15 is 0 Å². The van der Waals surface area contributed by atoms with E-state index in [1.165, 1.54) is 0 Å². The minimum Gasteiger partial charge on any atom is -0.394 e. The maximum atomic E-state index is 9.25. The van der Waals surface area contributed by atoms with Crippen molar-refractivity contribution in [1.29, 1.82) is 0 Å². The molecule has 0 saturated carbocycles. The lowest BCUT2D eigenvalue weighted by molar-refractivity contribution is -0.0213. The van der Waals surface area contributed by atoms with Crippen LogP contribution in [0.25, 0.3) is 0 Å². The fraction of sp³-hybridized carbons (Fsp3) is 0.917. The molecule has 4 unspecified atom stereocenters. The predicted octanol–water partition coefficient (Wildman–Crippen LogP) is 4.53. The van der Waals surface area contributed by atoms with Gasteiger partial charge in [0.1, 0.15) is 5.60 Å². The minimum atomic E-state index is -0.590. The van der Waals surface area contributed by atoms with Crippen LogP contribution in [0.2, 0.25) is 0 Å². The van der Waals surface area contributed by atoms with Gasteiger partial charge in [-0.15, -0.1) is 0 Å². The highest BCUT2D eigenvalue weighted by atomic mass is 16.5. The molecule has 0 bridgehead atoms. The number of hydrogen-bond donors (Lipinski definition) is 2. The number of aliphatic hydroxyl groups excluding tert-OH is 2. The lowest BCUT2D eigenvalue weighted by Gasteiger charge is -2.33. The number of ether oxygens (including phenoxy) is 2. The van der Waals surface area contributed by atoms with E-state index in [0.29, 0.717) is 43.5 Å². The normalized spacial score (nSPS) is 18.3. The van der Waals surface area contributed by atoms with Crippen LogP contribution in [-0.4, -0.2) is 48.8 Å². The molecule has 0 aliphatic rings. The molecule has 0 aliphatic carbocycles. The smallest absolute Gasteiger partial charge is 0.126 e. The SMILES string of the molecule is CC(C)CC(C)CC(C)(C#CC(C)(COCCO)C(C)CC(C)C)OCCO. The molecule has 4 nitrogen and oxygen atoms in total. The predicted molar refractivity (Wildman–Crippen MR) is 117 cm³/mol. The lowest BCUT2D eigenvalue weighted by Crippen LogP contribution is -2.34. The van der Waals surface area contributed by atoms with Crippen molar-refractivity contribution in [3.8, 4) is 11.8 Å². The van der Waals surface area contributed by atoms with Crippen LogP contribution >= 0.6 is 0 Å². The first-order valence-electron chi connectivity index (χ1n) is 11.0. The van der Waals surface area contributed by atoms with E-state index in [0.717, 1.165) is 19.3 Å². The lowest BCUT2D eigenvalue weighted by atomic mass is 9.74. The molecular weight excluding hydrogens is 352 g/mol. The minimum absolute atomic E-state index is 0.00351. The highest BCUT2D eigenvalue weighted by molar-refractivity contribution is 5.20. The van der Waals surface area contributed by atoms with E-state index < -0.39 is 5.60 Å². The van der Waals surface area contributed by atoms with E-state index in [1.54, 1.807) is 0 Å². The molecule has 4 atom stereocenters. The van der Waals surface area contributed by atoms with Crippen molar-refractivity contribution in [2.45, 2.75) is 80.3 Å². The Kier molecular flexibility index (Phi) is 13.3. The van der Waals surface area contributed by atoms with Crippen LogP contribution < -0.4 is 0 Å². The van der Waals surface area contributed by atoms with E-state index in [9.17, 15) is 5.11 Å². The zero-order valence-electron chi connectivity index (χ0n) is 19.7. The Labute approximate surface area is 174 Å². The highest BCUT2D eigenvalue weighted by Crippen LogP contribution is 2.33. The average Bonchev–Trinajstić information content (AvgIpc) is 2.57. The van der Waals surface area contributed by atoms with Gasteiger partial charge in [-0.2, -0.15) is 0 Å². The van der Waals surface area contributed by atoms with Crippen molar-refractivity contribution in [3.05, 3.63) is 0 Å². The fourth-order valence-electron chi connectivity index (χ4n) is 3.86. The van der Waals surface area contributed by atoms with E-state index in [4.69, 9.17) is 14.6 Å². The van der Waals surface area contributed by atoms with Gasteiger partial charge in [0.05, 0.1) is 38.4 Å². The monoisotopic (exact) mass is 398 g/mol. The van der Waals surface area contributed by atoms with Crippen LogP contribution in [-0.2, 0) is 9.47 Å². The Hall–Kier alpha value is -0.600. The summed E-state index contributed by atoms with van der Waals surface area (Å²) in [5.41, 5.74) is -0.905. The largest absolute Gasteiger partial charge is 0.394 e. The maximum Gasteiger partial charge on any atom is 0.126 e. The zero-order chi connectivity index (χ0) is 21.8. The van der Waals surface area contributed by atoms with E-state index in [-0.39, 0.29) is 18.6 Å². The Morgan fingerprint density at radius 2 is 1.39 bits per heavy atom. The molecule has 28 heavy (non-hydrogen) atoms. The van der Waals surface area contributed by atoms with Gasteiger partial charge in [-0.05, 0) is 56.8 Å². The van der Waals surface area contributed by atoms with Crippen LogP contribution in [0.15, 0.2) is 0 Å². The topological polar surface area (TPSA) is 58.9 Å². The van der Waals surface area contributed by atoms with E-state index in [2.05, 4.69) is 60.3 Å². The summed E-state index contributed by atoms with van der Waals surface area (Å²) in [5, 5.41) is 18.3. The Bertz CT molecular complexity index is 465. The zero-order valence-corrected chi connectivity index (χ0v) is 19.7. The van der Waals surface area contributed by atoms with Crippen LogP contribution in [0.5, 0.6) is 0 Å². The highest BCUT2D eigenvalue weighted by Gasteiger charge is 2.32. The number of aliphatic hydroxyl groups is 2. The summed E-state index contributed by atoms with van der Waals surface area (Å²) in [5.74, 6) is 8.99. The van der Waals surface area contributed by atoms with Gasteiger partial charge in [0.15, 0.2) is 0 Å². The summed E-state index contributed by atoms with van der Waals surface area (Å²) >= 11 is 0. The van der Waals surface area contributed by atoms with Gasteiger partial charge < -0.3 is 19.7 Å². The standard InChI is InChI=1S/C24H46O4/c1-19(2)15-21(5)17-24(8,28-14-12-26)10-9-23(7,18-27-13-11-25)22(6)16-20(3)4/h19-22,25-26H,11-18H2,1-8H3. The van der Waals surface area contributed by atoms with E-state index in [1.807, 2.05) is 6.92 Å². The Morgan fingerprint density at radius 1 is 0.821 bits per heavy atom. The molecule has 0 spiro atoms. The summed E-state index contributed by atoms with van der Waals surface area (Å²) in [6.45, 7) is 18.7. The molecule has 0 aromatic heterocycles. The van der Waals surface area contributed by atoms with Gasteiger partial charge in [-0.25, -0.2) is 0 Å². The molecule has 0 aromatic carbocycles. The van der Waals surface area contributed by atoms with Gasteiger partial charge in [-0.1, -0.05) is 53.4 Å². The van der Waals surface area contributed by atoms with Crippen molar-refractivity contribution in [3.63, 3.8) is 0 Å². The second-order valence-electron chi connectivity index (χ2n) is 9.72. The third-order valence-corrected chi connectivity index (χ3v) is 5.29. The summed E-state index contributed by atoms with van der Waals surface area (Å²) in [6, 6.07) is 0. The number of rotatable bonds is 14. The van der Waals surface area contributed by atoms with Gasteiger partial charge in [0.2, 0.25) is 0 Å². The van der Waals surface area contributed by atoms with Crippen LogP contribution in [0.1, 0.15) is 74.7 Å². The molecule has 166 valence electrons. The second kappa shape index (κ2) is 13.6. The first-order valence-corrected chi connectivity index (χ1v) is 11.0. The average molecular weight is 399 g/mol. The molecule has 0 rings (SSSR count). The molecule has 0 radical (unpaired) electrons. The second-order valence-corrected chi connectivity index (χ2v) is 9.72. The molecule has 0 fully saturated rings. The third kappa shape index (κ3) is 11.4. The van der Waals surface area contributed by atoms with Crippen molar-refractivity contribution >= 4 is 0 Å². The first kappa shape index (κ1) is 27.4. The summed E-state index contributed by atoms with van der Waals surface area (Å²) in [4.78, 5) is 0. The van der Waals surface area contributed by atoms with Crippen LogP contribution in [0.4, 0.5) is 0 Å². The summed E-state index contributed by atoms with van der Waals surface area (Å²) < 4.78 is 11.7. The quantitative estimate of drug-likeness (QED) is 0.333. The fourth-order valence-corrected chi connectivity index (χ4v) is 3.86. The first-order chi connectivity index (χ1) is 13.0. The number of hydrogen-bond acceptors (Lipinski definition) is 4.